The first-order valence-corrected chi connectivity index (χ1v) is 14.2. The number of ether oxygens (including phenoxy) is 2. The van der Waals surface area contributed by atoms with Crippen LogP contribution in [0.1, 0.15) is 41.9 Å². The van der Waals surface area contributed by atoms with E-state index in [4.69, 9.17) is 27.9 Å². The summed E-state index contributed by atoms with van der Waals surface area (Å²) in [7, 11) is 0. The molecule has 3 aromatic rings. The van der Waals surface area contributed by atoms with E-state index in [1.165, 1.54) is 24.3 Å². The molecule has 2 N–H and O–H groups in total. The van der Waals surface area contributed by atoms with Crippen LogP contribution in [-0.2, 0) is 21.7 Å². The van der Waals surface area contributed by atoms with Gasteiger partial charge < -0.3 is 19.7 Å². The van der Waals surface area contributed by atoms with Crippen LogP contribution in [0, 0.1) is 5.82 Å². The molecule has 2 aliphatic heterocycles. The molecule has 2 aliphatic rings. The van der Waals surface area contributed by atoms with E-state index in [9.17, 15) is 22.8 Å². The monoisotopic (exact) mass is 621 g/mol. The Morgan fingerprint density at radius 1 is 1.07 bits per heavy atom. The van der Waals surface area contributed by atoms with E-state index in [1.807, 2.05) is 0 Å². The molecule has 1 atom stereocenters. The molecular formula is C30H28Cl2F3N3O4. The Hall–Kier alpha value is -3.47. The van der Waals surface area contributed by atoms with Crippen LogP contribution in [0.2, 0.25) is 10.0 Å². The molecule has 1 fully saturated rings. The lowest BCUT2D eigenvalue weighted by molar-refractivity contribution is -0.123. The number of carbonyl (C=O) groups is 2. The van der Waals surface area contributed by atoms with E-state index in [0.29, 0.717) is 71.3 Å². The van der Waals surface area contributed by atoms with Crippen molar-refractivity contribution in [2.24, 2.45) is 0 Å². The van der Waals surface area contributed by atoms with E-state index in [-0.39, 0.29) is 18.2 Å². The number of anilines is 1. The first kappa shape index (κ1) is 30.0. The molecule has 1 spiro atoms. The molecule has 0 saturated carbocycles. The fourth-order valence-electron chi connectivity index (χ4n) is 5.51. The Bertz CT molecular complexity index is 1470. The second-order valence-electron chi connectivity index (χ2n) is 10.3. The highest BCUT2D eigenvalue weighted by Gasteiger charge is 2.44. The second-order valence-corrected chi connectivity index (χ2v) is 11.1. The van der Waals surface area contributed by atoms with E-state index in [0.717, 1.165) is 0 Å². The maximum Gasteiger partial charge on any atom is 0.412 e. The maximum absolute atomic E-state index is 14.1. The Morgan fingerprint density at radius 2 is 1.86 bits per heavy atom. The smallest absolute Gasteiger partial charge is 0.412 e. The number of benzene rings is 3. The molecule has 42 heavy (non-hydrogen) atoms. The van der Waals surface area contributed by atoms with E-state index in [1.54, 1.807) is 36.4 Å². The molecule has 0 bridgehead atoms. The number of rotatable bonds is 9. The number of amides is 2. The van der Waals surface area contributed by atoms with Gasteiger partial charge in [0.05, 0.1) is 21.7 Å². The molecule has 0 radical (unpaired) electrons. The summed E-state index contributed by atoms with van der Waals surface area (Å²) in [4.78, 5) is 27.9. The molecule has 0 aromatic heterocycles. The molecule has 2 amide bonds. The highest BCUT2D eigenvalue weighted by atomic mass is 35.5. The minimum absolute atomic E-state index is 0.00504. The van der Waals surface area contributed by atoms with Crippen LogP contribution in [0.25, 0.3) is 0 Å². The fourth-order valence-corrected chi connectivity index (χ4v) is 5.82. The van der Waals surface area contributed by atoms with Crippen molar-refractivity contribution in [3.05, 3.63) is 93.2 Å². The van der Waals surface area contributed by atoms with Gasteiger partial charge in [-0.15, -0.1) is 0 Å². The summed E-state index contributed by atoms with van der Waals surface area (Å²) in [5.74, 6) is -1.24. The topological polar surface area (TPSA) is 79.9 Å². The van der Waals surface area contributed by atoms with Crippen molar-refractivity contribution < 1.29 is 32.2 Å². The number of carbonyl (C=O) groups excluding carboxylic acids is 2. The van der Waals surface area contributed by atoms with Gasteiger partial charge in [-0.1, -0.05) is 41.4 Å². The predicted molar refractivity (Wildman–Crippen MR) is 153 cm³/mol. The van der Waals surface area contributed by atoms with Crippen LogP contribution in [0.4, 0.5) is 23.7 Å². The number of fused-ring (bicyclic) bond motifs is 2. The Balaban J connectivity index is 1.26. The van der Waals surface area contributed by atoms with E-state index < -0.39 is 30.0 Å². The third-order valence-electron chi connectivity index (χ3n) is 7.65. The zero-order valence-electron chi connectivity index (χ0n) is 22.3. The largest absolute Gasteiger partial charge is 0.438 e. The van der Waals surface area contributed by atoms with Crippen LogP contribution in [0.3, 0.4) is 0 Å². The van der Waals surface area contributed by atoms with Crippen molar-refractivity contribution in [1.29, 1.82) is 0 Å². The van der Waals surface area contributed by atoms with Gasteiger partial charge in [0, 0.05) is 38.0 Å². The lowest BCUT2D eigenvalue weighted by Gasteiger charge is -2.44. The van der Waals surface area contributed by atoms with Gasteiger partial charge in [-0.3, -0.25) is 10.1 Å². The minimum Gasteiger partial charge on any atom is -0.438 e. The van der Waals surface area contributed by atoms with Crippen molar-refractivity contribution in [2.45, 2.75) is 43.9 Å². The normalized spacial score (nSPS) is 16.9. The molecule has 1 unspecified atom stereocenters. The molecule has 1 saturated heterocycles. The van der Waals surface area contributed by atoms with Crippen LogP contribution in [0.15, 0.2) is 60.7 Å². The number of halogens is 5. The highest BCUT2D eigenvalue weighted by Crippen LogP contribution is 2.44. The van der Waals surface area contributed by atoms with Gasteiger partial charge in [0.2, 0.25) is 5.91 Å². The molecule has 7 nitrogen and oxygen atoms in total. The molecule has 0 aliphatic carbocycles. The third-order valence-corrected chi connectivity index (χ3v) is 8.39. The summed E-state index contributed by atoms with van der Waals surface area (Å²) in [5, 5.41) is 6.22. The molecular weight excluding hydrogens is 594 g/mol. The molecule has 2 heterocycles. The third kappa shape index (κ3) is 6.94. The SMILES string of the molecule is O=C1Nc2ccc(F)cc2C2(CCN(CCC(C(=O)NCc3cccc(OC(F)F)c3)c3ccc(Cl)c(Cl)c3)CC2)O1. The first-order chi connectivity index (χ1) is 20.1. The number of hydrogen-bond acceptors (Lipinski definition) is 5. The van der Waals surface area contributed by atoms with Crippen LogP contribution in [0.5, 0.6) is 5.75 Å². The molecule has 12 heteroatoms. The average molecular weight is 622 g/mol. The molecule has 3 aromatic carbocycles. The van der Waals surface area contributed by atoms with Gasteiger partial charge in [-0.25, -0.2) is 9.18 Å². The standard InChI is InChI=1S/C30H28Cl2F3N3O4/c31-24-6-4-19(15-25(24)32)22(27(39)36-17-18-2-1-3-21(14-18)41-28(34)35)8-11-38-12-9-30(10-13-38)23-16-20(33)5-7-26(23)37-29(40)42-30/h1-7,14-16,22,28H,8-13,17H2,(H,36,39)(H,37,40). The maximum atomic E-state index is 14.1. The number of alkyl halides is 2. The number of nitrogens with one attached hydrogen (secondary N) is 2. The van der Waals surface area contributed by atoms with Crippen molar-refractivity contribution >= 4 is 40.9 Å². The summed E-state index contributed by atoms with van der Waals surface area (Å²) in [6, 6.07) is 15.4. The lowest BCUT2D eigenvalue weighted by atomic mass is 9.82. The fraction of sp³-hybridized carbons (Fsp3) is 0.333. The van der Waals surface area contributed by atoms with Gasteiger partial charge >= 0.3 is 12.7 Å². The summed E-state index contributed by atoms with van der Waals surface area (Å²) < 4.78 is 49.5. The number of likely N-dealkylation sites (tertiary alicyclic amines) is 1. The van der Waals surface area contributed by atoms with Crippen LogP contribution < -0.4 is 15.4 Å². The summed E-state index contributed by atoms with van der Waals surface area (Å²) >= 11 is 12.4. The van der Waals surface area contributed by atoms with Gasteiger partial charge in [-0.2, -0.15) is 8.78 Å². The van der Waals surface area contributed by atoms with E-state index in [2.05, 4.69) is 20.3 Å². The Labute approximate surface area is 250 Å². The van der Waals surface area contributed by atoms with Crippen molar-refractivity contribution in [2.75, 3.05) is 25.0 Å². The van der Waals surface area contributed by atoms with E-state index >= 15 is 0 Å². The van der Waals surface area contributed by atoms with Gasteiger partial charge in [0.25, 0.3) is 0 Å². The average Bonchev–Trinajstić information content (AvgIpc) is 2.95. The Kier molecular flexibility index (Phi) is 9.15. The molecule has 222 valence electrons. The first-order valence-electron chi connectivity index (χ1n) is 13.4. The highest BCUT2D eigenvalue weighted by molar-refractivity contribution is 6.42. The summed E-state index contributed by atoms with van der Waals surface area (Å²) in [6.07, 6.45) is 0.817. The van der Waals surface area contributed by atoms with Crippen LogP contribution >= 0.6 is 23.2 Å². The van der Waals surface area contributed by atoms with Crippen molar-refractivity contribution in [1.82, 2.24) is 10.2 Å². The predicted octanol–water partition coefficient (Wildman–Crippen LogP) is 7.08. The van der Waals surface area contributed by atoms with Crippen molar-refractivity contribution in [3.8, 4) is 5.75 Å². The quantitative estimate of drug-likeness (QED) is 0.267. The number of piperidine rings is 1. The Morgan fingerprint density at radius 3 is 2.60 bits per heavy atom. The van der Waals surface area contributed by atoms with Crippen LogP contribution in [-0.4, -0.2) is 43.1 Å². The second kappa shape index (κ2) is 12.8. The zero-order valence-corrected chi connectivity index (χ0v) is 23.9. The summed E-state index contributed by atoms with van der Waals surface area (Å²) in [5.41, 5.74) is 1.53. The summed E-state index contributed by atoms with van der Waals surface area (Å²) in [6.45, 7) is -1.16. The van der Waals surface area contributed by atoms with Crippen molar-refractivity contribution in [3.63, 3.8) is 0 Å². The lowest BCUT2D eigenvalue weighted by Crippen LogP contribution is -2.48. The number of hydrogen-bond donors (Lipinski definition) is 2. The molecule has 5 rings (SSSR count). The van der Waals surface area contributed by atoms with Gasteiger partial charge in [-0.05, 0) is 66.6 Å². The zero-order chi connectivity index (χ0) is 29.9. The van der Waals surface area contributed by atoms with Gasteiger partial charge in [0.15, 0.2) is 0 Å². The van der Waals surface area contributed by atoms with Gasteiger partial charge in [0.1, 0.15) is 17.2 Å². The number of nitrogens with zero attached hydrogens (tertiary/aromatic N) is 1. The minimum atomic E-state index is -2.95.